The van der Waals surface area contributed by atoms with E-state index in [2.05, 4.69) is 5.32 Å². The highest BCUT2D eigenvalue weighted by molar-refractivity contribution is 5.82. The van der Waals surface area contributed by atoms with Gasteiger partial charge in [0.1, 0.15) is 17.6 Å². The van der Waals surface area contributed by atoms with Crippen molar-refractivity contribution in [1.82, 2.24) is 5.32 Å². The third-order valence-corrected chi connectivity index (χ3v) is 2.82. The third kappa shape index (κ3) is 2.89. The standard InChI is InChI=1S/C12H15NO5/c1-7-2-3-8(17-7)6-13-11(14)9-4-5-10(18-9)12(15)16/h2-3,9-10H,4-6H2,1H3,(H,13,14)(H,15,16). The Kier molecular flexibility index (Phi) is 3.66. The van der Waals surface area contributed by atoms with Crippen molar-refractivity contribution in [3.8, 4) is 0 Å². The molecule has 0 spiro atoms. The van der Waals surface area contributed by atoms with E-state index in [1.165, 1.54) is 0 Å². The number of aliphatic carboxylic acids is 1. The SMILES string of the molecule is Cc1ccc(CNC(=O)C2CCC(C(=O)O)O2)o1. The van der Waals surface area contributed by atoms with Gasteiger partial charge in [-0.3, -0.25) is 4.79 Å². The Morgan fingerprint density at radius 2 is 2.11 bits per heavy atom. The minimum Gasteiger partial charge on any atom is -0.479 e. The second kappa shape index (κ2) is 5.22. The zero-order valence-electron chi connectivity index (χ0n) is 10.0. The predicted octanol–water partition coefficient (Wildman–Crippen LogP) is 0.836. The first-order valence-corrected chi connectivity index (χ1v) is 5.77. The first kappa shape index (κ1) is 12.6. The number of carboxylic acids is 1. The molecular weight excluding hydrogens is 238 g/mol. The topological polar surface area (TPSA) is 88.8 Å². The number of hydrogen-bond donors (Lipinski definition) is 2. The van der Waals surface area contributed by atoms with E-state index in [4.69, 9.17) is 14.3 Å². The van der Waals surface area contributed by atoms with Gasteiger partial charge in [0.15, 0.2) is 6.10 Å². The molecule has 1 aliphatic rings. The Morgan fingerprint density at radius 3 is 2.67 bits per heavy atom. The monoisotopic (exact) mass is 253 g/mol. The van der Waals surface area contributed by atoms with Crippen LogP contribution in [0.4, 0.5) is 0 Å². The third-order valence-electron chi connectivity index (χ3n) is 2.82. The molecule has 0 radical (unpaired) electrons. The first-order valence-electron chi connectivity index (χ1n) is 5.77. The van der Waals surface area contributed by atoms with Crippen LogP contribution in [-0.4, -0.2) is 29.2 Å². The van der Waals surface area contributed by atoms with Crippen LogP contribution in [0.15, 0.2) is 16.5 Å². The van der Waals surface area contributed by atoms with Crippen molar-refractivity contribution < 1.29 is 23.8 Å². The van der Waals surface area contributed by atoms with E-state index in [1.807, 2.05) is 13.0 Å². The first-order chi connectivity index (χ1) is 8.56. The lowest BCUT2D eigenvalue weighted by atomic mass is 10.2. The summed E-state index contributed by atoms with van der Waals surface area (Å²) in [6.07, 6.45) is -0.749. The average Bonchev–Trinajstić information content (AvgIpc) is 2.94. The molecule has 1 saturated heterocycles. The lowest BCUT2D eigenvalue weighted by molar-refractivity contribution is -0.151. The van der Waals surface area contributed by atoms with Gasteiger partial charge in [0.25, 0.3) is 0 Å². The Morgan fingerprint density at radius 1 is 1.39 bits per heavy atom. The summed E-state index contributed by atoms with van der Waals surface area (Å²) >= 11 is 0. The minimum atomic E-state index is -1.02. The van der Waals surface area contributed by atoms with E-state index < -0.39 is 18.2 Å². The van der Waals surface area contributed by atoms with Crippen molar-refractivity contribution in [2.45, 2.75) is 38.5 Å². The Labute approximate surface area is 104 Å². The van der Waals surface area contributed by atoms with Gasteiger partial charge in [-0.1, -0.05) is 0 Å². The normalized spacial score (nSPS) is 22.9. The van der Waals surface area contributed by atoms with Crippen LogP contribution in [0.5, 0.6) is 0 Å². The Balaban J connectivity index is 1.80. The summed E-state index contributed by atoms with van der Waals surface area (Å²) in [5.41, 5.74) is 0. The quantitative estimate of drug-likeness (QED) is 0.829. The van der Waals surface area contributed by atoms with Gasteiger partial charge in [-0.25, -0.2) is 4.79 Å². The molecule has 18 heavy (non-hydrogen) atoms. The lowest BCUT2D eigenvalue weighted by Crippen LogP contribution is -2.35. The van der Waals surface area contributed by atoms with E-state index in [1.54, 1.807) is 6.07 Å². The number of amides is 1. The number of carbonyl (C=O) groups excluding carboxylic acids is 1. The van der Waals surface area contributed by atoms with E-state index in [0.29, 0.717) is 18.6 Å². The smallest absolute Gasteiger partial charge is 0.332 e. The lowest BCUT2D eigenvalue weighted by Gasteiger charge is -2.10. The van der Waals surface area contributed by atoms with Crippen molar-refractivity contribution in [3.63, 3.8) is 0 Å². The van der Waals surface area contributed by atoms with Crippen LogP contribution in [0.3, 0.4) is 0 Å². The fourth-order valence-electron chi connectivity index (χ4n) is 1.88. The highest BCUT2D eigenvalue weighted by atomic mass is 16.5. The fourth-order valence-corrected chi connectivity index (χ4v) is 1.88. The zero-order valence-corrected chi connectivity index (χ0v) is 10.0. The second-order valence-corrected chi connectivity index (χ2v) is 4.26. The largest absolute Gasteiger partial charge is 0.479 e. The van der Waals surface area contributed by atoms with Crippen LogP contribution in [0.1, 0.15) is 24.4 Å². The van der Waals surface area contributed by atoms with Crippen LogP contribution in [0, 0.1) is 6.92 Å². The van der Waals surface area contributed by atoms with Crippen molar-refractivity contribution in [3.05, 3.63) is 23.7 Å². The minimum absolute atomic E-state index is 0.282. The average molecular weight is 253 g/mol. The molecule has 6 nitrogen and oxygen atoms in total. The van der Waals surface area contributed by atoms with Gasteiger partial charge in [0.2, 0.25) is 5.91 Å². The molecule has 6 heteroatoms. The number of rotatable bonds is 4. The van der Waals surface area contributed by atoms with Crippen LogP contribution >= 0.6 is 0 Å². The maximum Gasteiger partial charge on any atom is 0.332 e. The van der Waals surface area contributed by atoms with E-state index in [0.717, 1.165) is 5.76 Å². The van der Waals surface area contributed by atoms with Gasteiger partial charge in [0.05, 0.1) is 6.54 Å². The summed E-state index contributed by atoms with van der Waals surface area (Å²) in [5, 5.41) is 11.4. The van der Waals surface area contributed by atoms with Crippen LogP contribution < -0.4 is 5.32 Å². The van der Waals surface area contributed by atoms with Gasteiger partial charge in [-0.2, -0.15) is 0 Å². The Hall–Kier alpha value is -1.82. The number of furan rings is 1. The molecule has 2 rings (SSSR count). The number of hydrogen-bond acceptors (Lipinski definition) is 4. The van der Waals surface area contributed by atoms with Crippen molar-refractivity contribution in [2.75, 3.05) is 0 Å². The molecule has 0 saturated carbocycles. The molecule has 0 aliphatic carbocycles. The maximum absolute atomic E-state index is 11.7. The van der Waals surface area contributed by atoms with Gasteiger partial charge in [-0.15, -0.1) is 0 Å². The molecule has 0 aromatic carbocycles. The van der Waals surface area contributed by atoms with Gasteiger partial charge in [0, 0.05) is 0 Å². The molecule has 2 heterocycles. The molecular formula is C12H15NO5. The Bertz CT molecular complexity index is 453. The molecule has 1 aromatic rings. The van der Waals surface area contributed by atoms with E-state index >= 15 is 0 Å². The summed E-state index contributed by atoms with van der Waals surface area (Å²) in [7, 11) is 0. The maximum atomic E-state index is 11.7. The number of carbonyl (C=O) groups is 2. The molecule has 1 fully saturated rings. The molecule has 1 aliphatic heterocycles. The summed E-state index contributed by atoms with van der Waals surface area (Å²) in [5.74, 6) is 0.121. The predicted molar refractivity (Wildman–Crippen MR) is 60.8 cm³/mol. The van der Waals surface area contributed by atoms with Crippen molar-refractivity contribution in [1.29, 1.82) is 0 Å². The molecule has 0 bridgehead atoms. The summed E-state index contributed by atoms with van der Waals surface area (Å²) < 4.78 is 10.4. The fraction of sp³-hybridized carbons (Fsp3) is 0.500. The molecule has 2 unspecified atom stereocenters. The van der Waals surface area contributed by atoms with E-state index in [9.17, 15) is 9.59 Å². The van der Waals surface area contributed by atoms with Crippen molar-refractivity contribution in [2.24, 2.45) is 0 Å². The van der Waals surface area contributed by atoms with Gasteiger partial charge in [-0.05, 0) is 31.9 Å². The number of carboxylic acid groups (broad SMARTS) is 1. The molecule has 1 amide bonds. The molecule has 1 aromatic heterocycles. The summed E-state index contributed by atoms with van der Waals surface area (Å²) in [6, 6.07) is 3.60. The molecule has 98 valence electrons. The van der Waals surface area contributed by atoms with Crippen LogP contribution in [0.2, 0.25) is 0 Å². The summed E-state index contributed by atoms with van der Waals surface area (Å²) in [6.45, 7) is 2.10. The van der Waals surface area contributed by atoms with Crippen LogP contribution in [-0.2, 0) is 20.9 Å². The molecule has 2 atom stereocenters. The summed E-state index contributed by atoms with van der Waals surface area (Å²) in [4.78, 5) is 22.4. The van der Waals surface area contributed by atoms with E-state index in [-0.39, 0.29) is 12.5 Å². The van der Waals surface area contributed by atoms with Crippen LogP contribution in [0.25, 0.3) is 0 Å². The number of aryl methyl sites for hydroxylation is 1. The van der Waals surface area contributed by atoms with Crippen molar-refractivity contribution >= 4 is 11.9 Å². The highest BCUT2D eigenvalue weighted by Gasteiger charge is 2.34. The van der Waals surface area contributed by atoms with Gasteiger partial charge >= 0.3 is 5.97 Å². The number of ether oxygens (including phenoxy) is 1. The zero-order chi connectivity index (χ0) is 13.1. The highest BCUT2D eigenvalue weighted by Crippen LogP contribution is 2.20. The second-order valence-electron chi connectivity index (χ2n) is 4.26. The van der Waals surface area contributed by atoms with Gasteiger partial charge < -0.3 is 19.6 Å². The molecule has 2 N–H and O–H groups in total. The number of nitrogens with one attached hydrogen (secondary N) is 1.